The Hall–Kier alpha value is -2.05. The van der Waals surface area contributed by atoms with Gasteiger partial charge in [-0.25, -0.2) is 8.42 Å². The maximum absolute atomic E-state index is 13.3. The number of aryl methyl sites for hydroxylation is 2. The number of para-hydroxylation sites is 1. The molecule has 2 aromatic rings. The lowest BCUT2D eigenvalue weighted by molar-refractivity contribution is 0.307. The van der Waals surface area contributed by atoms with Crippen LogP contribution in [0.2, 0.25) is 0 Å². The van der Waals surface area contributed by atoms with Crippen molar-refractivity contribution in [2.75, 3.05) is 37.7 Å². The first-order valence-electron chi connectivity index (χ1n) is 9.47. The average molecular weight is 389 g/mol. The van der Waals surface area contributed by atoms with Crippen molar-refractivity contribution < 1.29 is 13.2 Å². The second-order valence-corrected chi connectivity index (χ2v) is 8.88. The van der Waals surface area contributed by atoms with Crippen LogP contribution in [0.15, 0.2) is 47.4 Å². The molecule has 0 atom stereocenters. The number of nitrogens with zero attached hydrogens (tertiary/aromatic N) is 2. The topological polar surface area (TPSA) is 49.9 Å². The van der Waals surface area contributed by atoms with Crippen LogP contribution in [-0.4, -0.2) is 45.5 Å². The van der Waals surface area contributed by atoms with E-state index in [0.29, 0.717) is 38.5 Å². The molecule has 0 N–H and O–H groups in total. The lowest BCUT2D eigenvalue weighted by Crippen LogP contribution is -2.48. The van der Waals surface area contributed by atoms with Gasteiger partial charge in [0.15, 0.2) is 0 Å². The molecule has 1 saturated heterocycles. The van der Waals surface area contributed by atoms with E-state index in [1.807, 2.05) is 32.0 Å². The van der Waals surface area contributed by atoms with Crippen molar-refractivity contribution in [3.63, 3.8) is 0 Å². The lowest BCUT2D eigenvalue weighted by atomic mass is 10.1. The van der Waals surface area contributed by atoms with Crippen LogP contribution in [0.5, 0.6) is 5.75 Å². The van der Waals surface area contributed by atoms with Gasteiger partial charge in [-0.15, -0.1) is 0 Å². The minimum Gasteiger partial charge on any atom is -0.492 e. The lowest BCUT2D eigenvalue weighted by Gasteiger charge is -2.36. The van der Waals surface area contributed by atoms with Gasteiger partial charge in [0.25, 0.3) is 0 Å². The zero-order valence-corrected chi connectivity index (χ0v) is 17.1. The Bertz CT molecular complexity index is 888. The van der Waals surface area contributed by atoms with Gasteiger partial charge in [-0.05, 0) is 49.6 Å². The number of sulfonamides is 1. The Balaban J connectivity index is 1.79. The molecule has 1 heterocycles. The fourth-order valence-corrected chi connectivity index (χ4v) is 5.01. The molecule has 1 aliphatic heterocycles. The first kappa shape index (κ1) is 19.7. The molecule has 0 bridgehead atoms. The van der Waals surface area contributed by atoms with Crippen LogP contribution in [0.1, 0.15) is 24.5 Å². The Kier molecular flexibility index (Phi) is 6.07. The summed E-state index contributed by atoms with van der Waals surface area (Å²) in [6.45, 7) is 8.80. The average Bonchev–Trinajstić information content (AvgIpc) is 2.67. The van der Waals surface area contributed by atoms with Crippen molar-refractivity contribution in [2.45, 2.75) is 32.1 Å². The number of rotatable bonds is 6. The van der Waals surface area contributed by atoms with E-state index in [9.17, 15) is 8.42 Å². The van der Waals surface area contributed by atoms with Gasteiger partial charge in [-0.1, -0.05) is 31.2 Å². The first-order chi connectivity index (χ1) is 12.9. The summed E-state index contributed by atoms with van der Waals surface area (Å²) in [5, 5.41) is 0. The summed E-state index contributed by atoms with van der Waals surface area (Å²) in [5.74, 6) is 0.448. The van der Waals surface area contributed by atoms with E-state index in [2.05, 4.69) is 24.0 Å². The molecule has 0 amide bonds. The molecule has 1 aliphatic rings. The third-order valence-corrected chi connectivity index (χ3v) is 6.79. The number of benzene rings is 2. The largest absolute Gasteiger partial charge is 0.492 e. The predicted molar refractivity (Wildman–Crippen MR) is 109 cm³/mol. The number of hydrogen-bond donors (Lipinski definition) is 0. The highest BCUT2D eigenvalue weighted by Crippen LogP contribution is 2.30. The molecule has 146 valence electrons. The molecule has 3 rings (SSSR count). The van der Waals surface area contributed by atoms with Gasteiger partial charge in [0, 0.05) is 31.9 Å². The fourth-order valence-electron chi connectivity index (χ4n) is 3.37. The Morgan fingerprint density at radius 2 is 1.70 bits per heavy atom. The summed E-state index contributed by atoms with van der Waals surface area (Å²) in [6, 6.07) is 13.6. The summed E-state index contributed by atoms with van der Waals surface area (Å²) in [7, 11) is -3.58. The smallest absolute Gasteiger partial charge is 0.246 e. The van der Waals surface area contributed by atoms with Crippen molar-refractivity contribution in [2.24, 2.45) is 0 Å². The van der Waals surface area contributed by atoms with Gasteiger partial charge in [0.1, 0.15) is 10.6 Å². The van der Waals surface area contributed by atoms with E-state index in [1.54, 1.807) is 16.4 Å². The summed E-state index contributed by atoms with van der Waals surface area (Å²) in [4.78, 5) is 2.53. The molecule has 0 spiro atoms. The van der Waals surface area contributed by atoms with Gasteiger partial charge in [-0.2, -0.15) is 4.31 Å². The zero-order valence-electron chi connectivity index (χ0n) is 16.3. The summed E-state index contributed by atoms with van der Waals surface area (Å²) in [6.07, 6.45) is 0.836. The fraction of sp³-hybridized carbons (Fsp3) is 0.429. The molecule has 0 aromatic heterocycles. The molecular weight excluding hydrogens is 360 g/mol. The number of hydrogen-bond acceptors (Lipinski definition) is 4. The van der Waals surface area contributed by atoms with Gasteiger partial charge < -0.3 is 9.64 Å². The van der Waals surface area contributed by atoms with E-state index in [4.69, 9.17) is 4.74 Å². The highest BCUT2D eigenvalue weighted by Gasteiger charge is 2.31. The van der Waals surface area contributed by atoms with Gasteiger partial charge >= 0.3 is 0 Å². The van der Waals surface area contributed by atoms with Crippen LogP contribution in [0, 0.1) is 13.8 Å². The van der Waals surface area contributed by atoms with Crippen LogP contribution < -0.4 is 9.64 Å². The number of piperazine rings is 1. The molecule has 0 unspecified atom stereocenters. The molecule has 2 aromatic carbocycles. The molecule has 1 fully saturated rings. The Morgan fingerprint density at radius 3 is 2.37 bits per heavy atom. The molecule has 0 aliphatic carbocycles. The second kappa shape index (κ2) is 8.31. The van der Waals surface area contributed by atoms with Crippen LogP contribution >= 0.6 is 0 Å². The van der Waals surface area contributed by atoms with E-state index in [1.165, 1.54) is 11.3 Å². The zero-order chi connectivity index (χ0) is 19.4. The van der Waals surface area contributed by atoms with Gasteiger partial charge in [0.05, 0.1) is 6.61 Å². The van der Waals surface area contributed by atoms with Crippen LogP contribution in [0.25, 0.3) is 0 Å². The summed E-state index contributed by atoms with van der Waals surface area (Å²) < 4.78 is 33.8. The molecule has 27 heavy (non-hydrogen) atoms. The minimum atomic E-state index is -3.58. The van der Waals surface area contributed by atoms with Crippen molar-refractivity contribution in [3.8, 4) is 5.75 Å². The summed E-state index contributed by atoms with van der Waals surface area (Å²) in [5.41, 5.74) is 3.30. The monoisotopic (exact) mass is 388 g/mol. The third kappa shape index (κ3) is 4.28. The Morgan fingerprint density at radius 1 is 1.00 bits per heavy atom. The molecule has 0 saturated carbocycles. The number of ether oxygens (including phenoxy) is 1. The molecule has 5 nitrogen and oxygen atoms in total. The van der Waals surface area contributed by atoms with Gasteiger partial charge in [-0.3, -0.25) is 0 Å². The van der Waals surface area contributed by atoms with E-state index in [0.717, 1.165) is 12.0 Å². The first-order valence-corrected chi connectivity index (χ1v) is 10.9. The van der Waals surface area contributed by atoms with E-state index < -0.39 is 10.0 Å². The SMILES string of the molecule is CCCOc1ccc(C)cc1S(=O)(=O)N1CCN(c2ccccc2C)CC1. The second-order valence-electron chi connectivity index (χ2n) is 6.98. The van der Waals surface area contributed by atoms with E-state index in [-0.39, 0.29) is 4.90 Å². The van der Waals surface area contributed by atoms with Crippen molar-refractivity contribution in [3.05, 3.63) is 53.6 Å². The van der Waals surface area contributed by atoms with Crippen LogP contribution in [0.3, 0.4) is 0 Å². The highest BCUT2D eigenvalue weighted by atomic mass is 32.2. The van der Waals surface area contributed by atoms with Crippen molar-refractivity contribution in [1.29, 1.82) is 0 Å². The van der Waals surface area contributed by atoms with E-state index >= 15 is 0 Å². The standard InChI is InChI=1S/C21H28N2O3S/c1-4-15-26-20-10-9-17(2)16-21(20)27(24,25)23-13-11-22(12-14-23)19-8-6-5-7-18(19)3/h5-10,16H,4,11-15H2,1-3H3. The Labute approximate surface area is 162 Å². The minimum absolute atomic E-state index is 0.278. The van der Waals surface area contributed by atoms with Crippen LogP contribution in [-0.2, 0) is 10.0 Å². The summed E-state index contributed by atoms with van der Waals surface area (Å²) >= 11 is 0. The normalized spacial score (nSPS) is 15.7. The highest BCUT2D eigenvalue weighted by molar-refractivity contribution is 7.89. The maximum Gasteiger partial charge on any atom is 0.246 e. The third-order valence-electron chi connectivity index (χ3n) is 4.87. The molecule has 0 radical (unpaired) electrons. The van der Waals surface area contributed by atoms with Gasteiger partial charge in [0.2, 0.25) is 10.0 Å². The molecular formula is C21H28N2O3S. The quantitative estimate of drug-likeness (QED) is 0.759. The van der Waals surface area contributed by atoms with Crippen molar-refractivity contribution in [1.82, 2.24) is 4.31 Å². The predicted octanol–water partition coefficient (Wildman–Crippen LogP) is 3.60. The maximum atomic E-state index is 13.3. The molecule has 6 heteroatoms. The van der Waals surface area contributed by atoms with Crippen molar-refractivity contribution >= 4 is 15.7 Å². The number of anilines is 1. The van der Waals surface area contributed by atoms with Crippen LogP contribution in [0.4, 0.5) is 5.69 Å².